The van der Waals surface area contributed by atoms with Gasteiger partial charge in [-0.05, 0) is 26.7 Å². The van der Waals surface area contributed by atoms with Gasteiger partial charge >= 0.3 is 0 Å². The molecule has 0 aliphatic carbocycles. The summed E-state index contributed by atoms with van der Waals surface area (Å²) in [4.78, 5) is 12.3. The molecule has 5 heteroatoms. The average Bonchev–Trinajstić information content (AvgIpc) is 2.88. The summed E-state index contributed by atoms with van der Waals surface area (Å²) in [7, 11) is 0. The molecule has 1 saturated heterocycles. The Bertz CT molecular complexity index is 404. The number of amides is 1. The first-order valence-corrected chi connectivity index (χ1v) is 6.45. The van der Waals surface area contributed by atoms with E-state index in [1.54, 1.807) is 12.4 Å². The van der Waals surface area contributed by atoms with Crippen molar-refractivity contribution in [1.29, 1.82) is 0 Å². The first kappa shape index (κ1) is 13.1. The van der Waals surface area contributed by atoms with Crippen LogP contribution in [0.4, 0.5) is 0 Å². The van der Waals surface area contributed by atoms with Crippen molar-refractivity contribution < 1.29 is 9.53 Å². The molecule has 1 aromatic rings. The first-order valence-electron chi connectivity index (χ1n) is 6.45. The number of nitrogens with one attached hydrogen (secondary N) is 2. The Morgan fingerprint density at radius 2 is 2.17 bits per heavy atom. The van der Waals surface area contributed by atoms with Gasteiger partial charge in [0.2, 0.25) is 5.91 Å². The number of H-pyrrole nitrogens is 1. The fourth-order valence-electron chi connectivity index (χ4n) is 2.61. The lowest BCUT2D eigenvalue weighted by Gasteiger charge is -2.20. The maximum Gasteiger partial charge on any atom is 0.226 e. The third-order valence-corrected chi connectivity index (χ3v) is 3.92. The molecule has 2 heterocycles. The molecular formula is C13H21N3O2. The molecule has 2 rings (SSSR count). The predicted molar refractivity (Wildman–Crippen MR) is 67.8 cm³/mol. The van der Waals surface area contributed by atoms with Crippen LogP contribution >= 0.6 is 0 Å². The highest BCUT2D eigenvalue weighted by Gasteiger charge is 2.41. The Morgan fingerprint density at radius 1 is 1.44 bits per heavy atom. The normalized spacial score (nSPS) is 33.3. The number of aromatic amines is 1. The Labute approximate surface area is 107 Å². The second kappa shape index (κ2) is 5.10. The summed E-state index contributed by atoms with van der Waals surface area (Å²) in [6.07, 6.45) is 3.64. The van der Waals surface area contributed by atoms with E-state index in [2.05, 4.69) is 22.4 Å². The lowest BCUT2D eigenvalue weighted by molar-refractivity contribution is -0.127. The molecule has 5 atom stereocenters. The van der Waals surface area contributed by atoms with E-state index >= 15 is 0 Å². The Morgan fingerprint density at radius 3 is 2.67 bits per heavy atom. The van der Waals surface area contributed by atoms with Gasteiger partial charge < -0.3 is 10.1 Å². The highest BCUT2D eigenvalue weighted by Crippen LogP contribution is 2.32. The number of hydrogen-bond acceptors (Lipinski definition) is 3. The summed E-state index contributed by atoms with van der Waals surface area (Å²) in [5.74, 6) is 0.235. The minimum atomic E-state index is -0.0747. The molecule has 5 nitrogen and oxygen atoms in total. The zero-order valence-electron chi connectivity index (χ0n) is 11.3. The van der Waals surface area contributed by atoms with Crippen molar-refractivity contribution in [2.45, 2.75) is 45.9 Å². The summed E-state index contributed by atoms with van der Waals surface area (Å²) < 4.78 is 5.70. The number of hydrogen-bond donors (Lipinski definition) is 2. The van der Waals surface area contributed by atoms with E-state index in [1.807, 2.05) is 20.8 Å². The average molecular weight is 251 g/mol. The van der Waals surface area contributed by atoms with Gasteiger partial charge in [-0.15, -0.1) is 0 Å². The quantitative estimate of drug-likeness (QED) is 0.858. The first-order chi connectivity index (χ1) is 8.50. The van der Waals surface area contributed by atoms with Gasteiger partial charge in [0.25, 0.3) is 0 Å². The van der Waals surface area contributed by atoms with Gasteiger partial charge in [-0.1, -0.05) is 6.92 Å². The lowest BCUT2D eigenvalue weighted by atomic mass is 9.88. The fraction of sp³-hybridized carbons (Fsp3) is 0.692. The van der Waals surface area contributed by atoms with Crippen LogP contribution < -0.4 is 5.32 Å². The molecule has 1 aliphatic heterocycles. The fourth-order valence-corrected chi connectivity index (χ4v) is 2.61. The minimum Gasteiger partial charge on any atom is -0.374 e. The van der Waals surface area contributed by atoms with Crippen LogP contribution in [0.5, 0.6) is 0 Å². The molecule has 0 spiro atoms. The van der Waals surface area contributed by atoms with Crippen LogP contribution in [0.3, 0.4) is 0 Å². The summed E-state index contributed by atoms with van der Waals surface area (Å²) >= 11 is 0. The molecule has 1 aromatic heterocycles. The second-order valence-electron chi connectivity index (χ2n) is 5.19. The Kier molecular flexibility index (Phi) is 3.71. The van der Waals surface area contributed by atoms with Crippen molar-refractivity contribution >= 4 is 5.91 Å². The summed E-state index contributed by atoms with van der Waals surface area (Å²) in [5.41, 5.74) is 0.982. The van der Waals surface area contributed by atoms with Crippen molar-refractivity contribution in [1.82, 2.24) is 15.5 Å². The Hall–Kier alpha value is -1.36. The molecular weight excluding hydrogens is 230 g/mol. The van der Waals surface area contributed by atoms with Crippen LogP contribution in [-0.4, -0.2) is 28.3 Å². The zero-order valence-corrected chi connectivity index (χ0v) is 11.3. The summed E-state index contributed by atoms with van der Waals surface area (Å²) in [5, 5.41) is 9.67. The molecule has 2 N–H and O–H groups in total. The number of rotatable bonds is 3. The summed E-state index contributed by atoms with van der Waals surface area (Å²) in [6, 6.07) is -0.0356. The summed E-state index contributed by atoms with van der Waals surface area (Å²) in [6.45, 7) is 8.01. The van der Waals surface area contributed by atoms with Crippen LogP contribution in [-0.2, 0) is 9.53 Å². The number of aromatic nitrogens is 2. The monoisotopic (exact) mass is 251 g/mol. The SMILES string of the molecule is CC(NC(=O)C1C(C)OC(C)C1C)c1cn[nH]c1. The van der Waals surface area contributed by atoms with E-state index in [0.29, 0.717) is 0 Å². The molecule has 100 valence electrons. The van der Waals surface area contributed by atoms with Gasteiger partial charge in [0.1, 0.15) is 0 Å². The molecule has 1 fully saturated rings. The molecule has 0 saturated carbocycles. The molecule has 0 bridgehead atoms. The Balaban J connectivity index is 2.00. The van der Waals surface area contributed by atoms with Gasteiger partial charge in [0.05, 0.1) is 30.4 Å². The number of nitrogens with zero attached hydrogens (tertiary/aromatic N) is 1. The number of ether oxygens (including phenoxy) is 1. The topological polar surface area (TPSA) is 67.0 Å². The predicted octanol–water partition coefficient (Wildman–Crippen LogP) is 1.65. The van der Waals surface area contributed by atoms with Crippen LogP contribution in [0.2, 0.25) is 0 Å². The number of carbonyl (C=O) groups excluding carboxylic acids is 1. The van der Waals surface area contributed by atoms with E-state index in [-0.39, 0.29) is 36.0 Å². The maximum atomic E-state index is 12.3. The van der Waals surface area contributed by atoms with Gasteiger partial charge in [0, 0.05) is 11.8 Å². The van der Waals surface area contributed by atoms with Crippen molar-refractivity contribution in [3.8, 4) is 0 Å². The smallest absolute Gasteiger partial charge is 0.226 e. The van der Waals surface area contributed by atoms with Crippen LogP contribution in [0.15, 0.2) is 12.4 Å². The van der Waals surface area contributed by atoms with Gasteiger partial charge in [-0.25, -0.2) is 0 Å². The van der Waals surface area contributed by atoms with Crippen molar-refractivity contribution in [2.75, 3.05) is 0 Å². The van der Waals surface area contributed by atoms with Gasteiger partial charge in [-0.2, -0.15) is 5.10 Å². The van der Waals surface area contributed by atoms with Gasteiger partial charge in [0.15, 0.2) is 0 Å². The molecule has 0 aromatic carbocycles. The van der Waals surface area contributed by atoms with E-state index in [4.69, 9.17) is 4.74 Å². The van der Waals surface area contributed by atoms with Crippen molar-refractivity contribution in [3.05, 3.63) is 18.0 Å². The molecule has 1 aliphatic rings. The standard InChI is InChI=1S/C13H21N3O2/c1-7-9(3)18-10(4)12(7)13(17)16-8(2)11-5-14-15-6-11/h5-10,12H,1-4H3,(H,14,15)(H,16,17). The number of carbonyl (C=O) groups is 1. The van der Waals surface area contributed by atoms with E-state index in [1.165, 1.54) is 0 Å². The van der Waals surface area contributed by atoms with E-state index in [9.17, 15) is 4.79 Å². The largest absolute Gasteiger partial charge is 0.374 e. The lowest BCUT2D eigenvalue weighted by Crippen LogP contribution is -2.38. The van der Waals surface area contributed by atoms with Crippen LogP contribution in [0.1, 0.15) is 39.3 Å². The van der Waals surface area contributed by atoms with E-state index < -0.39 is 0 Å². The second-order valence-corrected chi connectivity index (χ2v) is 5.19. The van der Waals surface area contributed by atoms with Crippen molar-refractivity contribution in [3.63, 3.8) is 0 Å². The van der Waals surface area contributed by atoms with Crippen molar-refractivity contribution in [2.24, 2.45) is 11.8 Å². The highest BCUT2D eigenvalue weighted by atomic mass is 16.5. The zero-order chi connectivity index (χ0) is 13.3. The van der Waals surface area contributed by atoms with Crippen LogP contribution in [0.25, 0.3) is 0 Å². The maximum absolute atomic E-state index is 12.3. The van der Waals surface area contributed by atoms with Gasteiger partial charge in [-0.3, -0.25) is 9.89 Å². The molecule has 18 heavy (non-hydrogen) atoms. The molecule has 1 amide bonds. The minimum absolute atomic E-state index is 0.0217. The molecule has 5 unspecified atom stereocenters. The van der Waals surface area contributed by atoms with Crippen LogP contribution in [0, 0.1) is 11.8 Å². The third kappa shape index (κ3) is 2.41. The third-order valence-electron chi connectivity index (χ3n) is 3.92. The van der Waals surface area contributed by atoms with E-state index in [0.717, 1.165) is 5.56 Å². The highest BCUT2D eigenvalue weighted by molar-refractivity contribution is 5.80. The molecule has 0 radical (unpaired) electrons.